The van der Waals surface area contributed by atoms with E-state index < -0.39 is 5.97 Å². The molecule has 0 aromatic heterocycles. The number of hydrogen-bond acceptors (Lipinski definition) is 2. The van der Waals surface area contributed by atoms with Crippen molar-refractivity contribution in [1.29, 1.82) is 0 Å². The lowest BCUT2D eigenvalue weighted by atomic mass is 9.85. The third kappa shape index (κ3) is 2.77. The number of benzene rings is 2. The Labute approximate surface area is 119 Å². The molecule has 0 saturated heterocycles. The van der Waals surface area contributed by atoms with Crippen molar-refractivity contribution in [2.24, 2.45) is 0 Å². The van der Waals surface area contributed by atoms with Gasteiger partial charge in [-0.25, -0.2) is 4.79 Å². The Hall–Kier alpha value is -2.03. The van der Waals surface area contributed by atoms with Crippen LogP contribution in [-0.2, 0) is 5.41 Å². The lowest BCUT2D eigenvalue weighted by Gasteiger charge is -2.20. The summed E-state index contributed by atoms with van der Waals surface area (Å²) in [6.45, 7) is 8.87. The van der Waals surface area contributed by atoms with Crippen LogP contribution in [0.15, 0.2) is 30.3 Å². The molecular weight excluding hydrogens is 252 g/mol. The van der Waals surface area contributed by atoms with Crippen LogP contribution in [0.2, 0.25) is 0 Å². The van der Waals surface area contributed by atoms with Gasteiger partial charge in [-0.1, -0.05) is 32.9 Å². The van der Waals surface area contributed by atoms with E-state index in [0.29, 0.717) is 12.4 Å². The van der Waals surface area contributed by atoms with E-state index in [4.69, 9.17) is 9.84 Å². The number of fused-ring (bicyclic) bond motifs is 1. The Bertz CT molecular complexity index is 651. The van der Waals surface area contributed by atoms with Crippen LogP contribution in [0.5, 0.6) is 5.75 Å². The standard InChI is InChI=1S/C17H20O3/c1-5-20-15-9-12(16(18)19)8-11-6-7-13(10-14(11)15)17(2,3)4/h6-10H,5H2,1-4H3,(H,18,19). The minimum atomic E-state index is -0.937. The van der Waals surface area contributed by atoms with Crippen LogP contribution in [0.25, 0.3) is 10.8 Å². The van der Waals surface area contributed by atoms with E-state index in [0.717, 1.165) is 10.8 Å². The minimum absolute atomic E-state index is 0.0448. The molecule has 0 saturated carbocycles. The van der Waals surface area contributed by atoms with Gasteiger partial charge in [-0.15, -0.1) is 0 Å². The van der Waals surface area contributed by atoms with Crippen LogP contribution >= 0.6 is 0 Å². The number of carbonyl (C=O) groups is 1. The topological polar surface area (TPSA) is 46.5 Å². The second kappa shape index (κ2) is 5.16. The average Bonchev–Trinajstić information content (AvgIpc) is 2.37. The molecule has 0 aliphatic rings. The molecule has 2 aromatic rings. The summed E-state index contributed by atoms with van der Waals surface area (Å²) < 4.78 is 5.61. The van der Waals surface area contributed by atoms with E-state index in [-0.39, 0.29) is 11.0 Å². The fourth-order valence-electron chi connectivity index (χ4n) is 2.19. The summed E-state index contributed by atoms with van der Waals surface area (Å²) in [4.78, 5) is 11.2. The van der Waals surface area contributed by atoms with Crippen molar-refractivity contribution < 1.29 is 14.6 Å². The lowest BCUT2D eigenvalue weighted by molar-refractivity contribution is 0.0696. The van der Waals surface area contributed by atoms with Crippen molar-refractivity contribution in [2.45, 2.75) is 33.1 Å². The van der Waals surface area contributed by atoms with E-state index >= 15 is 0 Å². The molecule has 0 amide bonds. The fourth-order valence-corrected chi connectivity index (χ4v) is 2.19. The molecular formula is C17H20O3. The molecule has 0 fully saturated rings. The molecule has 0 radical (unpaired) electrons. The normalized spacial score (nSPS) is 11.6. The van der Waals surface area contributed by atoms with Crippen molar-refractivity contribution in [2.75, 3.05) is 6.61 Å². The van der Waals surface area contributed by atoms with E-state index in [1.165, 1.54) is 5.56 Å². The highest BCUT2D eigenvalue weighted by Gasteiger charge is 2.16. The number of ether oxygens (including phenoxy) is 1. The predicted octanol–water partition coefficient (Wildman–Crippen LogP) is 4.23. The molecule has 0 unspecified atom stereocenters. The van der Waals surface area contributed by atoms with Gasteiger partial charge in [-0.3, -0.25) is 0 Å². The summed E-state index contributed by atoms with van der Waals surface area (Å²) in [6, 6.07) is 9.38. The first kappa shape index (κ1) is 14.4. The van der Waals surface area contributed by atoms with Crippen LogP contribution in [-0.4, -0.2) is 17.7 Å². The fraction of sp³-hybridized carbons (Fsp3) is 0.353. The summed E-state index contributed by atoms with van der Waals surface area (Å²) in [6.07, 6.45) is 0. The van der Waals surface area contributed by atoms with Gasteiger partial charge in [0.15, 0.2) is 0 Å². The van der Waals surface area contributed by atoms with Crippen molar-refractivity contribution >= 4 is 16.7 Å². The molecule has 20 heavy (non-hydrogen) atoms. The summed E-state index contributed by atoms with van der Waals surface area (Å²) >= 11 is 0. The zero-order chi connectivity index (χ0) is 14.9. The molecule has 0 aliphatic carbocycles. The highest BCUT2D eigenvalue weighted by atomic mass is 16.5. The smallest absolute Gasteiger partial charge is 0.335 e. The van der Waals surface area contributed by atoms with Crippen LogP contribution in [0.3, 0.4) is 0 Å². The number of carboxylic acids is 1. The van der Waals surface area contributed by atoms with Gasteiger partial charge < -0.3 is 9.84 Å². The van der Waals surface area contributed by atoms with Crippen molar-refractivity contribution in [1.82, 2.24) is 0 Å². The van der Waals surface area contributed by atoms with E-state index in [1.54, 1.807) is 12.1 Å². The molecule has 3 heteroatoms. The lowest BCUT2D eigenvalue weighted by Crippen LogP contribution is -2.10. The second-order valence-electron chi connectivity index (χ2n) is 5.90. The Balaban J connectivity index is 2.70. The van der Waals surface area contributed by atoms with Gasteiger partial charge in [0.1, 0.15) is 5.75 Å². The summed E-state index contributed by atoms with van der Waals surface area (Å²) in [5.41, 5.74) is 1.50. The molecule has 1 N–H and O–H groups in total. The zero-order valence-corrected chi connectivity index (χ0v) is 12.4. The van der Waals surface area contributed by atoms with Crippen molar-refractivity contribution in [3.63, 3.8) is 0 Å². The van der Waals surface area contributed by atoms with Gasteiger partial charge in [0.2, 0.25) is 0 Å². The van der Waals surface area contributed by atoms with Crippen LogP contribution in [0, 0.1) is 0 Å². The number of rotatable bonds is 3. The molecule has 0 atom stereocenters. The van der Waals surface area contributed by atoms with Crippen LogP contribution < -0.4 is 4.74 Å². The predicted molar refractivity (Wildman–Crippen MR) is 80.8 cm³/mol. The molecule has 0 heterocycles. The van der Waals surface area contributed by atoms with Gasteiger partial charge in [0.25, 0.3) is 0 Å². The maximum atomic E-state index is 11.2. The molecule has 106 valence electrons. The number of aromatic carboxylic acids is 1. The summed E-state index contributed by atoms with van der Waals surface area (Å²) in [7, 11) is 0. The van der Waals surface area contributed by atoms with Crippen molar-refractivity contribution in [3.8, 4) is 5.75 Å². The highest BCUT2D eigenvalue weighted by molar-refractivity contribution is 5.97. The molecule has 3 nitrogen and oxygen atoms in total. The van der Waals surface area contributed by atoms with E-state index in [2.05, 4.69) is 26.8 Å². The van der Waals surface area contributed by atoms with E-state index in [9.17, 15) is 4.79 Å². The summed E-state index contributed by atoms with van der Waals surface area (Å²) in [5, 5.41) is 11.0. The van der Waals surface area contributed by atoms with Crippen molar-refractivity contribution in [3.05, 3.63) is 41.5 Å². The number of carboxylic acid groups (broad SMARTS) is 1. The van der Waals surface area contributed by atoms with Gasteiger partial charge >= 0.3 is 5.97 Å². The molecule has 0 spiro atoms. The Morgan fingerprint density at radius 2 is 1.90 bits per heavy atom. The third-order valence-electron chi connectivity index (χ3n) is 3.33. The summed E-state index contributed by atoms with van der Waals surface area (Å²) in [5.74, 6) is -0.304. The first-order chi connectivity index (χ1) is 9.32. The van der Waals surface area contributed by atoms with Gasteiger partial charge in [0, 0.05) is 5.39 Å². The Morgan fingerprint density at radius 1 is 1.20 bits per heavy atom. The van der Waals surface area contributed by atoms with Crippen LogP contribution in [0.4, 0.5) is 0 Å². The highest BCUT2D eigenvalue weighted by Crippen LogP contribution is 2.32. The largest absolute Gasteiger partial charge is 0.493 e. The maximum Gasteiger partial charge on any atom is 0.335 e. The zero-order valence-electron chi connectivity index (χ0n) is 12.4. The molecule has 2 rings (SSSR count). The van der Waals surface area contributed by atoms with E-state index in [1.807, 2.05) is 19.1 Å². The average molecular weight is 272 g/mol. The van der Waals surface area contributed by atoms with Gasteiger partial charge in [-0.2, -0.15) is 0 Å². The van der Waals surface area contributed by atoms with Crippen LogP contribution in [0.1, 0.15) is 43.6 Å². The molecule has 0 bridgehead atoms. The minimum Gasteiger partial charge on any atom is -0.493 e. The Kier molecular flexibility index (Phi) is 3.71. The molecule has 2 aromatic carbocycles. The monoisotopic (exact) mass is 272 g/mol. The first-order valence-corrected chi connectivity index (χ1v) is 6.77. The second-order valence-corrected chi connectivity index (χ2v) is 5.90. The molecule has 0 aliphatic heterocycles. The Morgan fingerprint density at radius 3 is 2.45 bits per heavy atom. The third-order valence-corrected chi connectivity index (χ3v) is 3.33. The first-order valence-electron chi connectivity index (χ1n) is 6.77. The quantitative estimate of drug-likeness (QED) is 0.909. The maximum absolute atomic E-state index is 11.2. The van der Waals surface area contributed by atoms with Gasteiger partial charge in [-0.05, 0) is 41.5 Å². The number of hydrogen-bond donors (Lipinski definition) is 1. The SMILES string of the molecule is CCOc1cc(C(=O)O)cc2ccc(C(C)(C)C)cc12. The van der Waals surface area contributed by atoms with Gasteiger partial charge in [0.05, 0.1) is 12.2 Å².